The second-order valence-corrected chi connectivity index (χ2v) is 5.15. The Labute approximate surface area is 92.0 Å². The first-order valence-electron chi connectivity index (χ1n) is 6.26. The monoisotopic (exact) mass is 213 g/mol. The van der Waals surface area contributed by atoms with Gasteiger partial charge in [-0.05, 0) is 38.5 Å². The minimum atomic E-state index is -0.177. The molecular weight excluding hydrogens is 190 g/mol. The normalized spacial score (nSPS) is 41.2. The molecule has 1 aliphatic heterocycles. The fraction of sp³-hybridized carbons (Fsp3) is 1.00. The quantitative estimate of drug-likeness (QED) is 0.743. The van der Waals surface area contributed by atoms with E-state index in [0.29, 0.717) is 12.6 Å². The minimum absolute atomic E-state index is 0.00590. The van der Waals surface area contributed by atoms with Crippen LogP contribution < -0.4 is 5.73 Å². The van der Waals surface area contributed by atoms with Gasteiger partial charge in [0.15, 0.2) is 0 Å². The van der Waals surface area contributed by atoms with Crippen molar-refractivity contribution in [2.24, 2.45) is 11.1 Å². The fourth-order valence-electron chi connectivity index (χ4n) is 3.07. The molecule has 3 N–H and O–H groups in total. The van der Waals surface area contributed by atoms with Crippen molar-refractivity contribution in [3.63, 3.8) is 0 Å². The SMILES string of the molecule is NCC1(CCC2CCCO2)CCCC1O. The van der Waals surface area contributed by atoms with Gasteiger partial charge in [-0.1, -0.05) is 6.42 Å². The maximum Gasteiger partial charge on any atom is 0.0608 e. The van der Waals surface area contributed by atoms with Crippen molar-refractivity contribution in [1.82, 2.24) is 0 Å². The Bertz CT molecular complexity index is 204. The molecular formula is C12H23NO2. The van der Waals surface area contributed by atoms with Gasteiger partial charge in [-0.15, -0.1) is 0 Å². The van der Waals surface area contributed by atoms with Gasteiger partial charge >= 0.3 is 0 Å². The van der Waals surface area contributed by atoms with Crippen LogP contribution in [-0.4, -0.2) is 30.5 Å². The van der Waals surface area contributed by atoms with Crippen molar-refractivity contribution in [3.8, 4) is 0 Å². The fourth-order valence-corrected chi connectivity index (χ4v) is 3.07. The molecule has 0 spiro atoms. The molecule has 3 nitrogen and oxygen atoms in total. The molecule has 0 bridgehead atoms. The summed E-state index contributed by atoms with van der Waals surface area (Å²) in [5.41, 5.74) is 5.85. The van der Waals surface area contributed by atoms with E-state index in [1.165, 1.54) is 12.8 Å². The van der Waals surface area contributed by atoms with E-state index in [4.69, 9.17) is 10.5 Å². The van der Waals surface area contributed by atoms with Gasteiger partial charge in [0.05, 0.1) is 12.2 Å². The highest BCUT2D eigenvalue weighted by Gasteiger charge is 2.40. The first-order chi connectivity index (χ1) is 7.27. The molecule has 0 radical (unpaired) electrons. The van der Waals surface area contributed by atoms with Crippen molar-refractivity contribution in [2.75, 3.05) is 13.2 Å². The lowest BCUT2D eigenvalue weighted by molar-refractivity contribution is 0.0313. The number of nitrogens with two attached hydrogens (primary N) is 1. The highest BCUT2D eigenvalue weighted by atomic mass is 16.5. The van der Waals surface area contributed by atoms with Crippen LogP contribution in [0.4, 0.5) is 0 Å². The topological polar surface area (TPSA) is 55.5 Å². The first kappa shape index (κ1) is 11.4. The maximum atomic E-state index is 9.99. The zero-order valence-corrected chi connectivity index (χ0v) is 9.45. The van der Waals surface area contributed by atoms with Gasteiger partial charge in [0.25, 0.3) is 0 Å². The summed E-state index contributed by atoms with van der Waals surface area (Å²) in [4.78, 5) is 0. The van der Waals surface area contributed by atoms with Gasteiger partial charge in [0.2, 0.25) is 0 Å². The van der Waals surface area contributed by atoms with E-state index >= 15 is 0 Å². The second kappa shape index (κ2) is 4.81. The van der Waals surface area contributed by atoms with Crippen molar-refractivity contribution in [3.05, 3.63) is 0 Å². The third kappa shape index (κ3) is 2.35. The van der Waals surface area contributed by atoms with Crippen LogP contribution in [0.5, 0.6) is 0 Å². The smallest absolute Gasteiger partial charge is 0.0608 e. The van der Waals surface area contributed by atoms with Gasteiger partial charge in [0.1, 0.15) is 0 Å². The lowest BCUT2D eigenvalue weighted by Crippen LogP contribution is -2.38. The zero-order chi connectivity index (χ0) is 10.7. The highest BCUT2D eigenvalue weighted by Crippen LogP contribution is 2.42. The Kier molecular flexibility index (Phi) is 3.65. The number of ether oxygens (including phenoxy) is 1. The van der Waals surface area contributed by atoms with Gasteiger partial charge in [-0.2, -0.15) is 0 Å². The van der Waals surface area contributed by atoms with E-state index in [9.17, 15) is 5.11 Å². The number of rotatable bonds is 4. The van der Waals surface area contributed by atoms with Crippen LogP contribution in [0.2, 0.25) is 0 Å². The molecule has 3 unspecified atom stereocenters. The Morgan fingerprint density at radius 2 is 2.20 bits per heavy atom. The lowest BCUT2D eigenvalue weighted by atomic mass is 9.79. The van der Waals surface area contributed by atoms with Crippen molar-refractivity contribution >= 4 is 0 Å². The second-order valence-electron chi connectivity index (χ2n) is 5.15. The van der Waals surface area contributed by atoms with Crippen LogP contribution in [0.15, 0.2) is 0 Å². The van der Waals surface area contributed by atoms with Crippen LogP contribution in [0.25, 0.3) is 0 Å². The Morgan fingerprint density at radius 3 is 2.73 bits per heavy atom. The molecule has 1 aliphatic carbocycles. The Morgan fingerprint density at radius 1 is 1.33 bits per heavy atom. The van der Waals surface area contributed by atoms with Crippen LogP contribution in [0, 0.1) is 5.41 Å². The van der Waals surface area contributed by atoms with Crippen LogP contribution in [-0.2, 0) is 4.74 Å². The summed E-state index contributed by atoms with van der Waals surface area (Å²) < 4.78 is 5.62. The molecule has 3 heteroatoms. The molecule has 3 atom stereocenters. The predicted molar refractivity (Wildman–Crippen MR) is 59.6 cm³/mol. The number of aliphatic hydroxyl groups is 1. The summed E-state index contributed by atoms with van der Waals surface area (Å²) in [5, 5.41) is 9.99. The van der Waals surface area contributed by atoms with E-state index in [-0.39, 0.29) is 11.5 Å². The minimum Gasteiger partial charge on any atom is -0.393 e. The molecule has 2 fully saturated rings. The summed E-state index contributed by atoms with van der Waals surface area (Å²) in [7, 11) is 0. The first-order valence-corrected chi connectivity index (χ1v) is 6.26. The lowest BCUT2D eigenvalue weighted by Gasteiger charge is -2.32. The Hall–Kier alpha value is -0.120. The average molecular weight is 213 g/mol. The van der Waals surface area contributed by atoms with Gasteiger partial charge in [-0.3, -0.25) is 0 Å². The number of aliphatic hydroxyl groups excluding tert-OH is 1. The summed E-state index contributed by atoms with van der Waals surface area (Å²) in [6.07, 6.45) is 7.91. The average Bonchev–Trinajstić information content (AvgIpc) is 2.85. The predicted octanol–water partition coefficient (Wildman–Crippen LogP) is 1.44. The van der Waals surface area contributed by atoms with E-state index in [1.54, 1.807) is 0 Å². The largest absolute Gasteiger partial charge is 0.393 e. The van der Waals surface area contributed by atoms with E-state index in [1.807, 2.05) is 0 Å². The number of hydrogen-bond donors (Lipinski definition) is 2. The zero-order valence-electron chi connectivity index (χ0n) is 9.45. The summed E-state index contributed by atoms with van der Waals surface area (Å²) in [6, 6.07) is 0. The highest BCUT2D eigenvalue weighted by molar-refractivity contribution is 4.93. The third-order valence-corrected chi connectivity index (χ3v) is 4.25. The molecule has 0 amide bonds. The summed E-state index contributed by atoms with van der Waals surface area (Å²) in [5.74, 6) is 0. The molecule has 88 valence electrons. The molecule has 0 aromatic heterocycles. The van der Waals surface area contributed by atoms with Crippen molar-refractivity contribution in [2.45, 2.75) is 57.2 Å². The van der Waals surface area contributed by atoms with Crippen LogP contribution in [0.1, 0.15) is 44.9 Å². The Balaban J connectivity index is 1.84. The van der Waals surface area contributed by atoms with Crippen molar-refractivity contribution < 1.29 is 9.84 Å². The van der Waals surface area contributed by atoms with E-state index in [0.717, 1.165) is 38.7 Å². The van der Waals surface area contributed by atoms with Crippen LogP contribution in [0.3, 0.4) is 0 Å². The molecule has 1 saturated carbocycles. The van der Waals surface area contributed by atoms with Crippen molar-refractivity contribution in [1.29, 1.82) is 0 Å². The third-order valence-electron chi connectivity index (χ3n) is 4.25. The summed E-state index contributed by atoms with van der Waals surface area (Å²) >= 11 is 0. The molecule has 0 aromatic rings. The van der Waals surface area contributed by atoms with Gasteiger partial charge < -0.3 is 15.6 Å². The van der Waals surface area contributed by atoms with E-state index < -0.39 is 0 Å². The van der Waals surface area contributed by atoms with Crippen LogP contribution >= 0.6 is 0 Å². The molecule has 0 aromatic carbocycles. The maximum absolute atomic E-state index is 9.99. The molecule has 2 rings (SSSR count). The number of hydrogen-bond acceptors (Lipinski definition) is 3. The van der Waals surface area contributed by atoms with Gasteiger partial charge in [0, 0.05) is 18.6 Å². The molecule has 1 saturated heterocycles. The standard InChI is InChI=1S/C12H23NO2/c13-9-12(6-1-4-11(12)14)7-5-10-3-2-8-15-10/h10-11,14H,1-9,13H2. The molecule has 2 aliphatic rings. The van der Waals surface area contributed by atoms with E-state index in [2.05, 4.69) is 0 Å². The molecule has 15 heavy (non-hydrogen) atoms. The van der Waals surface area contributed by atoms with Gasteiger partial charge in [-0.25, -0.2) is 0 Å². The molecule has 1 heterocycles. The summed E-state index contributed by atoms with van der Waals surface area (Å²) in [6.45, 7) is 1.55.